The summed E-state index contributed by atoms with van der Waals surface area (Å²) in [5.74, 6) is -6.06. The Balaban J connectivity index is 2.36. The van der Waals surface area contributed by atoms with E-state index >= 15 is 0 Å². The lowest BCUT2D eigenvalue weighted by molar-refractivity contribution is -0.176. The third-order valence-electron chi connectivity index (χ3n) is 5.22. The molecule has 0 aromatic carbocycles. The summed E-state index contributed by atoms with van der Waals surface area (Å²) < 4.78 is 55.5. The van der Waals surface area contributed by atoms with Crippen LogP contribution in [0.2, 0.25) is 0 Å². The molecule has 0 aliphatic heterocycles. The van der Waals surface area contributed by atoms with Gasteiger partial charge < -0.3 is 5.11 Å². The number of aliphatic hydroxyl groups is 1. The molecule has 2 aliphatic carbocycles. The van der Waals surface area contributed by atoms with Gasteiger partial charge in [-0.2, -0.15) is 17.6 Å². The molecule has 1 fully saturated rings. The average Bonchev–Trinajstić information content (AvgIpc) is 2.48. The molecule has 6 heteroatoms. The van der Waals surface area contributed by atoms with E-state index in [1.54, 1.807) is 13.8 Å². The number of alkyl halides is 5. The number of halogens is 5. The van der Waals surface area contributed by atoms with Crippen LogP contribution in [0.25, 0.3) is 0 Å². The fraction of sp³-hybridized carbons (Fsp3) is 0.765. The van der Waals surface area contributed by atoms with E-state index in [0.717, 1.165) is 37.7 Å². The monoisotopic (exact) mass is 398 g/mol. The Kier molecular flexibility index (Phi) is 5.66. The zero-order valence-corrected chi connectivity index (χ0v) is 15.0. The van der Waals surface area contributed by atoms with Crippen LogP contribution in [0.15, 0.2) is 22.8 Å². The molecule has 2 unspecified atom stereocenters. The summed E-state index contributed by atoms with van der Waals surface area (Å²) in [7, 11) is 0. The largest absolute Gasteiger partial charge is 0.388 e. The van der Waals surface area contributed by atoms with Gasteiger partial charge in [-0.3, -0.25) is 0 Å². The lowest BCUT2D eigenvalue weighted by Crippen LogP contribution is -2.46. The SMILES string of the molecule is CC1=C(C)CC(C(F)(F)C(F)(F)Br)C(C(O)C2CCCCC2)=C1. The van der Waals surface area contributed by atoms with Crippen molar-refractivity contribution in [2.24, 2.45) is 11.8 Å². The molecular weight excluding hydrogens is 376 g/mol. The van der Waals surface area contributed by atoms with Crippen LogP contribution in [-0.4, -0.2) is 22.0 Å². The lowest BCUT2D eigenvalue weighted by atomic mass is 9.73. The van der Waals surface area contributed by atoms with Gasteiger partial charge >= 0.3 is 10.8 Å². The molecule has 0 heterocycles. The van der Waals surface area contributed by atoms with E-state index in [-0.39, 0.29) is 17.9 Å². The van der Waals surface area contributed by atoms with Crippen LogP contribution in [0.3, 0.4) is 0 Å². The first kappa shape index (κ1) is 19.0. The Hall–Kier alpha value is -0.360. The molecule has 23 heavy (non-hydrogen) atoms. The van der Waals surface area contributed by atoms with Gasteiger partial charge in [-0.1, -0.05) is 36.5 Å². The smallest absolute Gasteiger partial charge is 0.364 e. The minimum absolute atomic E-state index is 0.0594. The highest BCUT2D eigenvalue weighted by Gasteiger charge is 2.61. The molecule has 0 radical (unpaired) electrons. The topological polar surface area (TPSA) is 20.2 Å². The number of aliphatic hydroxyl groups excluding tert-OH is 1. The van der Waals surface area contributed by atoms with Crippen molar-refractivity contribution in [3.05, 3.63) is 22.8 Å². The van der Waals surface area contributed by atoms with Crippen molar-refractivity contribution in [1.29, 1.82) is 0 Å². The van der Waals surface area contributed by atoms with E-state index in [9.17, 15) is 22.7 Å². The van der Waals surface area contributed by atoms with Crippen molar-refractivity contribution in [3.8, 4) is 0 Å². The molecule has 0 amide bonds. The molecule has 2 atom stereocenters. The van der Waals surface area contributed by atoms with E-state index in [1.165, 1.54) is 6.08 Å². The van der Waals surface area contributed by atoms with Crippen molar-refractivity contribution in [2.75, 3.05) is 0 Å². The van der Waals surface area contributed by atoms with Crippen LogP contribution in [-0.2, 0) is 0 Å². The number of rotatable bonds is 4. The molecule has 0 aromatic heterocycles. The molecule has 1 saturated carbocycles. The van der Waals surface area contributed by atoms with Crippen LogP contribution in [0.5, 0.6) is 0 Å². The van der Waals surface area contributed by atoms with Crippen molar-refractivity contribution < 1.29 is 22.7 Å². The molecular formula is C17H23BrF4O. The fourth-order valence-corrected chi connectivity index (χ4v) is 3.88. The Labute approximate surface area is 143 Å². The molecule has 132 valence electrons. The summed E-state index contributed by atoms with van der Waals surface area (Å²) in [4.78, 5) is -4.30. The van der Waals surface area contributed by atoms with Crippen LogP contribution < -0.4 is 0 Å². The first-order chi connectivity index (χ1) is 10.6. The van der Waals surface area contributed by atoms with Gasteiger partial charge in [0.15, 0.2) is 0 Å². The minimum atomic E-state index is -4.30. The summed E-state index contributed by atoms with van der Waals surface area (Å²) in [6.45, 7) is 3.44. The highest BCUT2D eigenvalue weighted by Crippen LogP contribution is 2.52. The van der Waals surface area contributed by atoms with Crippen LogP contribution in [0, 0.1) is 11.8 Å². The van der Waals surface area contributed by atoms with Gasteiger partial charge in [0.1, 0.15) is 0 Å². The second kappa shape index (κ2) is 6.87. The summed E-state index contributed by atoms with van der Waals surface area (Å²) in [6, 6.07) is 0. The predicted octanol–water partition coefficient (Wildman–Crippen LogP) is 5.83. The van der Waals surface area contributed by atoms with E-state index in [1.807, 2.05) is 15.9 Å². The van der Waals surface area contributed by atoms with Gasteiger partial charge in [0, 0.05) is 0 Å². The van der Waals surface area contributed by atoms with Gasteiger partial charge in [-0.05, 0) is 60.5 Å². The maximum Gasteiger partial charge on any atom is 0.364 e. The first-order valence-electron chi connectivity index (χ1n) is 8.06. The molecule has 0 spiro atoms. The molecule has 2 aliphatic rings. The zero-order chi connectivity index (χ0) is 17.4. The van der Waals surface area contributed by atoms with E-state index < -0.39 is 22.8 Å². The Morgan fingerprint density at radius 1 is 1.13 bits per heavy atom. The van der Waals surface area contributed by atoms with Gasteiger partial charge in [0.05, 0.1) is 12.0 Å². The highest BCUT2D eigenvalue weighted by atomic mass is 79.9. The van der Waals surface area contributed by atoms with Crippen molar-refractivity contribution in [1.82, 2.24) is 0 Å². The van der Waals surface area contributed by atoms with Gasteiger partial charge in [0.2, 0.25) is 0 Å². The van der Waals surface area contributed by atoms with Gasteiger partial charge in [-0.15, -0.1) is 0 Å². The second-order valence-electron chi connectivity index (χ2n) is 6.83. The van der Waals surface area contributed by atoms with Crippen LogP contribution >= 0.6 is 15.9 Å². The molecule has 1 N–H and O–H groups in total. The van der Waals surface area contributed by atoms with Crippen molar-refractivity contribution in [2.45, 2.75) is 69.2 Å². The maximum atomic E-state index is 14.3. The highest BCUT2D eigenvalue weighted by molar-refractivity contribution is 9.10. The average molecular weight is 399 g/mol. The molecule has 0 bridgehead atoms. The fourth-order valence-electron chi connectivity index (χ4n) is 3.61. The Morgan fingerprint density at radius 3 is 2.22 bits per heavy atom. The number of allylic oxidation sites excluding steroid dienone is 3. The summed E-state index contributed by atoms with van der Waals surface area (Å²) in [5.41, 5.74) is 1.50. The van der Waals surface area contributed by atoms with E-state index in [2.05, 4.69) is 0 Å². The van der Waals surface area contributed by atoms with Crippen molar-refractivity contribution >= 4 is 15.9 Å². The minimum Gasteiger partial charge on any atom is -0.388 e. The second-order valence-corrected chi connectivity index (χ2v) is 7.82. The number of hydrogen-bond acceptors (Lipinski definition) is 1. The van der Waals surface area contributed by atoms with Crippen LogP contribution in [0.4, 0.5) is 17.6 Å². The molecule has 2 rings (SSSR count). The summed E-state index contributed by atoms with van der Waals surface area (Å²) >= 11 is 1.84. The standard InChI is InChI=1S/C17H23BrF4O/c1-10-8-13(15(23)12-6-4-3-5-7-12)14(9-11(10)2)16(19,20)17(18,21)22/h8,12,14-15,23H,3-7,9H2,1-2H3. The van der Waals surface area contributed by atoms with Crippen LogP contribution in [0.1, 0.15) is 52.4 Å². The van der Waals surface area contributed by atoms with Gasteiger partial charge in [0.25, 0.3) is 0 Å². The summed E-state index contributed by atoms with van der Waals surface area (Å²) in [6.07, 6.45) is 4.72. The lowest BCUT2D eigenvalue weighted by Gasteiger charge is -2.39. The third kappa shape index (κ3) is 3.84. The normalized spacial score (nSPS) is 26.3. The summed E-state index contributed by atoms with van der Waals surface area (Å²) in [5, 5.41) is 10.6. The Morgan fingerprint density at radius 2 is 1.70 bits per heavy atom. The quantitative estimate of drug-likeness (QED) is 0.466. The zero-order valence-electron chi connectivity index (χ0n) is 13.4. The Bertz CT molecular complexity index is 501. The molecule has 0 saturated heterocycles. The first-order valence-corrected chi connectivity index (χ1v) is 8.85. The maximum absolute atomic E-state index is 14.3. The van der Waals surface area contributed by atoms with Crippen molar-refractivity contribution in [3.63, 3.8) is 0 Å². The molecule has 0 aromatic rings. The van der Waals surface area contributed by atoms with Gasteiger partial charge in [-0.25, -0.2) is 0 Å². The number of hydrogen-bond donors (Lipinski definition) is 1. The predicted molar refractivity (Wildman–Crippen MR) is 86.0 cm³/mol. The van der Waals surface area contributed by atoms with E-state index in [0.29, 0.717) is 5.57 Å². The third-order valence-corrected chi connectivity index (χ3v) is 5.75. The van der Waals surface area contributed by atoms with E-state index in [4.69, 9.17) is 0 Å². The molecule has 1 nitrogen and oxygen atoms in total.